The van der Waals surface area contributed by atoms with Gasteiger partial charge in [0.25, 0.3) is 5.56 Å². The zero-order valence-corrected chi connectivity index (χ0v) is 10.3. The van der Waals surface area contributed by atoms with E-state index in [1.165, 1.54) is 27.7 Å². The van der Waals surface area contributed by atoms with Crippen molar-refractivity contribution in [2.24, 2.45) is 7.05 Å². The van der Waals surface area contributed by atoms with Gasteiger partial charge in [-0.3, -0.25) is 13.8 Å². The van der Waals surface area contributed by atoms with Crippen molar-refractivity contribution in [2.75, 3.05) is 6.26 Å². The van der Waals surface area contributed by atoms with Gasteiger partial charge in [0.1, 0.15) is 4.70 Å². The number of hydrogen-bond donors (Lipinski definition) is 0. The molecule has 0 fully saturated rings. The van der Waals surface area contributed by atoms with Crippen LogP contribution in [0.3, 0.4) is 0 Å². The summed E-state index contributed by atoms with van der Waals surface area (Å²) in [6.07, 6.45) is 1.94. The van der Waals surface area contributed by atoms with E-state index >= 15 is 0 Å². The molecule has 0 bridgehead atoms. The molecule has 3 aromatic rings. The molecule has 0 radical (unpaired) electrons. The van der Waals surface area contributed by atoms with E-state index < -0.39 is 0 Å². The highest BCUT2D eigenvalue weighted by atomic mass is 32.2. The maximum atomic E-state index is 12.0. The van der Waals surface area contributed by atoms with Crippen molar-refractivity contribution >= 4 is 39.1 Å². The molecule has 0 amide bonds. The van der Waals surface area contributed by atoms with Crippen molar-refractivity contribution in [2.45, 2.75) is 5.16 Å². The Hall–Kier alpha value is -1.34. The summed E-state index contributed by atoms with van der Waals surface area (Å²) in [7, 11) is 1.72. The van der Waals surface area contributed by atoms with E-state index in [1.807, 2.05) is 22.1 Å². The molecule has 0 saturated carbocycles. The van der Waals surface area contributed by atoms with Gasteiger partial charge in [-0.15, -0.1) is 21.5 Å². The zero-order chi connectivity index (χ0) is 11.3. The smallest absolute Gasteiger partial charge is 0.272 e. The highest BCUT2D eigenvalue weighted by Gasteiger charge is 2.14. The van der Waals surface area contributed by atoms with Gasteiger partial charge >= 0.3 is 0 Å². The first-order valence-corrected chi connectivity index (χ1v) is 6.70. The molecular formula is C9H8N4OS2. The summed E-state index contributed by atoms with van der Waals surface area (Å²) in [5.74, 6) is 0.584. The zero-order valence-electron chi connectivity index (χ0n) is 8.67. The lowest BCUT2D eigenvalue weighted by atomic mass is 10.4. The molecule has 82 valence electrons. The van der Waals surface area contributed by atoms with Crippen LogP contribution in [0.2, 0.25) is 0 Å². The van der Waals surface area contributed by atoms with Crippen LogP contribution in [0.15, 0.2) is 21.4 Å². The molecule has 0 unspecified atom stereocenters. The minimum atomic E-state index is -0.0162. The third kappa shape index (κ3) is 1.09. The Balaban J connectivity index is 2.70. The summed E-state index contributed by atoms with van der Waals surface area (Å²) < 4.78 is 4.19. The van der Waals surface area contributed by atoms with E-state index in [-0.39, 0.29) is 5.56 Å². The van der Waals surface area contributed by atoms with Crippen LogP contribution < -0.4 is 5.56 Å². The van der Waals surface area contributed by atoms with Crippen LogP contribution in [0.1, 0.15) is 0 Å². The highest BCUT2D eigenvalue weighted by Crippen LogP contribution is 2.22. The van der Waals surface area contributed by atoms with E-state index in [0.29, 0.717) is 5.78 Å². The van der Waals surface area contributed by atoms with Crippen LogP contribution in [0, 0.1) is 0 Å². The van der Waals surface area contributed by atoms with Crippen molar-refractivity contribution < 1.29 is 0 Å². The number of hydrogen-bond acceptors (Lipinski definition) is 5. The molecule has 5 nitrogen and oxygen atoms in total. The van der Waals surface area contributed by atoms with E-state index in [2.05, 4.69) is 10.2 Å². The topological polar surface area (TPSA) is 52.2 Å². The van der Waals surface area contributed by atoms with Crippen molar-refractivity contribution in [3.8, 4) is 0 Å². The maximum Gasteiger partial charge on any atom is 0.272 e. The molecule has 0 N–H and O–H groups in total. The predicted octanol–water partition coefficient (Wildman–Crippen LogP) is 1.36. The third-order valence-electron chi connectivity index (χ3n) is 2.48. The molecule has 16 heavy (non-hydrogen) atoms. The number of aromatic nitrogens is 4. The average Bonchev–Trinajstić information content (AvgIpc) is 2.90. The average molecular weight is 252 g/mol. The fourth-order valence-electron chi connectivity index (χ4n) is 1.70. The Morgan fingerprint density at radius 3 is 3.00 bits per heavy atom. The lowest BCUT2D eigenvalue weighted by Gasteiger charge is -2.02. The van der Waals surface area contributed by atoms with Gasteiger partial charge in [-0.2, -0.15) is 0 Å². The van der Waals surface area contributed by atoms with E-state index in [9.17, 15) is 4.79 Å². The van der Waals surface area contributed by atoms with Crippen LogP contribution in [0.4, 0.5) is 0 Å². The molecule has 0 spiro atoms. The second-order valence-electron chi connectivity index (χ2n) is 3.32. The molecule has 3 aromatic heterocycles. The van der Waals surface area contributed by atoms with Crippen LogP contribution in [-0.4, -0.2) is 25.4 Å². The largest absolute Gasteiger partial charge is 0.279 e. The van der Waals surface area contributed by atoms with Gasteiger partial charge in [-0.1, -0.05) is 11.8 Å². The van der Waals surface area contributed by atoms with E-state index in [0.717, 1.165) is 15.4 Å². The monoisotopic (exact) mass is 252 g/mol. The first kappa shape index (κ1) is 9.86. The lowest BCUT2D eigenvalue weighted by molar-refractivity contribution is 0.856. The second kappa shape index (κ2) is 3.33. The number of rotatable bonds is 1. The fourth-order valence-corrected chi connectivity index (χ4v) is 3.04. The van der Waals surface area contributed by atoms with Gasteiger partial charge in [-0.05, 0) is 17.7 Å². The normalized spacial score (nSPS) is 11.6. The minimum absolute atomic E-state index is 0.0162. The standard InChI is InChI=1S/C9H8N4OS2/c1-12-7(14)6-5(3-4-16-6)13-8(12)10-11-9(13)15-2/h3-4H,1-2H3. The van der Waals surface area contributed by atoms with Crippen LogP contribution in [-0.2, 0) is 7.05 Å². The molecule has 0 saturated heterocycles. The molecule has 0 aromatic carbocycles. The summed E-state index contributed by atoms with van der Waals surface area (Å²) in [6.45, 7) is 0. The quantitative estimate of drug-likeness (QED) is 0.614. The van der Waals surface area contributed by atoms with Crippen molar-refractivity contribution in [1.29, 1.82) is 0 Å². The summed E-state index contributed by atoms with van der Waals surface area (Å²) in [5.41, 5.74) is 0.870. The predicted molar refractivity (Wildman–Crippen MR) is 65.4 cm³/mol. The van der Waals surface area contributed by atoms with Crippen LogP contribution in [0.25, 0.3) is 16.0 Å². The molecule has 0 aliphatic carbocycles. The summed E-state index contributed by atoms with van der Waals surface area (Å²) in [5, 5.41) is 10.8. The molecule has 0 atom stereocenters. The number of aryl methyl sites for hydroxylation is 1. The Morgan fingerprint density at radius 2 is 2.25 bits per heavy atom. The Kier molecular flexibility index (Phi) is 2.05. The van der Waals surface area contributed by atoms with Gasteiger partial charge in [0, 0.05) is 7.05 Å². The highest BCUT2D eigenvalue weighted by molar-refractivity contribution is 7.98. The van der Waals surface area contributed by atoms with Gasteiger partial charge < -0.3 is 0 Å². The molecular weight excluding hydrogens is 244 g/mol. The first-order valence-electron chi connectivity index (χ1n) is 4.59. The Bertz CT molecular complexity index is 739. The summed E-state index contributed by atoms with van der Waals surface area (Å²) >= 11 is 2.96. The maximum absolute atomic E-state index is 12.0. The van der Waals surface area contributed by atoms with Gasteiger partial charge in [-0.25, -0.2) is 0 Å². The Labute approximate surface area is 98.7 Å². The first-order chi connectivity index (χ1) is 7.74. The summed E-state index contributed by atoms with van der Waals surface area (Å²) in [4.78, 5) is 12.0. The number of fused-ring (bicyclic) bond motifs is 3. The molecule has 3 heterocycles. The van der Waals surface area contributed by atoms with Crippen LogP contribution >= 0.6 is 23.1 Å². The molecule has 3 rings (SSSR count). The third-order valence-corrected chi connectivity index (χ3v) is 4.00. The SMILES string of the molecule is CSc1nnc2n(C)c(=O)c3sccc3n12. The van der Waals surface area contributed by atoms with Crippen molar-refractivity contribution in [3.63, 3.8) is 0 Å². The van der Waals surface area contributed by atoms with E-state index in [1.54, 1.807) is 7.05 Å². The lowest BCUT2D eigenvalue weighted by Crippen LogP contribution is -2.18. The van der Waals surface area contributed by atoms with Crippen LogP contribution in [0.5, 0.6) is 0 Å². The van der Waals surface area contributed by atoms with Crippen molar-refractivity contribution in [1.82, 2.24) is 19.2 Å². The number of thiophene rings is 1. The Morgan fingerprint density at radius 1 is 1.44 bits per heavy atom. The van der Waals surface area contributed by atoms with E-state index in [4.69, 9.17) is 0 Å². The summed E-state index contributed by atoms with van der Waals surface area (Å²) in [6, 6.07) is 1.93. The van der Waals surface area contributed by atoms with Gasteiger partial charge in [0.15, 0.2) is 5.16 Å². The number of thioether (sulfide) groups is 1. The fraction of sp³-hybridized carbons (Fsp3) is 0.222. The number of nitrogens with zero attached hydrogens (tertiary/aromatic N) is 4. The molecule has 0 aliphatic heterocycles. The van der Waals surface area contributed by atoms with Gasteiger partial charge in [0.2, 0.25) is 5.78 Å². The molecule has 0 aliphatic rings. The van der Waals surface area contributed by atoms with Crippen molar-refractivity contribution in [3.05, 3.63) is 21.8 Å². The minimum Gasteiger partial charge on any atom is -0.279 e. The second-order valence-corrected chi connectivity index (χ2v) is 5.01. The molecule has 7 heteroatoms. The van der Waals surface area contributed by atoms with Gasteiger partial charge in [0.05, 0.1) is 5.52 Å².